The highest BCUT2D eigenvalue weighted by molar-refractivity contribution is 6.33. The van der Waals surface area contributed by atoms with Crippen LogP contribution >= 0.6 is 11.6 Å². The molecule has 0 aliphatic carbocycles. The average molecular weight is 214 g/mol. The van der Waals surface area contributed by atoms with Gasteiger partial charge in [0.05, 0.1) is 22.9 Å². The first-order chi connectivity index (χ1) is 6.65. The molecule has 0 saturated heterocycles. The van der Waals surface area contributed by atoms with E-state index in [0.29, 0.717) is 22.9 Å². The van der Waals surface area contributed by atoms with E-state index in [1.165, 1.54) is 6.07 Å². The minimum Gasteiger partial charge on any atom is -0.462 e. The number of ether oxygens (including phenoxy) is 1. The summed E-state index contributed by atoms with van der Waals surface area (Å²) in [5.41, 5.74) is 6.36. The number of nitrogen functional groups attached to an aromatic ring is 1. The van der Waals surface area contributed by atoms with E-state index in [9.17, 15) is 4.79 Å². The Kier molecular flexibility index (Phi) is 3.77. The van der Waals surface area contributed by atoms with E-state index in [0.717, 1.165) is 6.42 Å². The Labute approximate surface area is 87.8 Å². The Hall–Kier alpha value is -1.22. The summed E-state index contributed by atoms with van der Waals surface area (Å²) in [7, 11) is 0. The number of benzene rings is 1. The lowest BCUT2D eigenvalue weighted by molar-refractivity contribution is 0.0505. The van der Waals surface area contributed by atoms with Crippen LogP contribution in [0.1, 0.15) is 23.7 Å². The maximum Gasteiger partial charge on any atom is 0.338 e. The molecule has 0 bridgehead atoms. The minimum atomic E-state index is -0.366. The molecule has 0 aliphatic heterocycles. The number of carbonyl (C=O) groups is 1. The van der Waals surface area contributed by atoms with Crippen LogP contribution in [0.25, 0.3) is 0 Å². The highest BCUT2D eigenvalue weighted by Gasteiger charge is 2.07. The smallest absolute Gasteiger partial charge is 0.338 e. The van der Waals surface area contributed by atoms with E-state index in [1.54, 1.807) is 12.1 Å². The van der Waals surface area contributed by atoms with Gasteiger partial charge < -0.3 is 10.5 Å². The molecule has 0 aromatic heterocycles. The highest BCUT2D eigenvalue weighted by atomic mass is 35.5. The van der Waals surface area contributed by atoms with Gasteiger partial charge in [-0.05, 0) is 24.6 Å². The van der Waals surface area contributed by atoms with Gasteiger partial charge in [0, 0.05) is 0 Å². The molecular formula is C10H12ClNO2. The number of nitrogens with two attached hydrogens (primary N) is 1. The number of carbonyl (C=O) groups excluding carboxylic acids is 1. The summed E-state index contributed by atoms with van der Waals surface area (Å²) >= 11 is 5.71. The van der Waals surface area contributed by atoms with Crippen molar-refractivity contribution < 1.29 is 9.53 Å². The van der Waals surface area contributed by atoms with Crippen molar-refractivity contribution in [3.05, 3.63) is 28.8 Å². The molecule has 4 heteroatoms. The SMILES string of the molecule is CCCOC(=O)c1ccc(Cl)c(N)c1. The molecule has 14 heavy (non-hydrogen) atoms. The monoisotopic (exact) mass is 213 g/mol. The molecule has 0 spiro atoms. The predicted molar refractivity (Wildman–Crippen MR) is 56.4 cm³/mol. The van der Waals surface area contributed by atoms with E-state index in [-0.39, 0.29) is 5.97 Å². The summed E-state index contributed by atoms with van der Waals surface area (Å²) < 4.78 is 4.93. The van der Waals surface area contributed by atoms with Crippen LogP contribution in [0.5, 0.6) is 0 Å². The minimum absolute atomic E-state index is 0.366. The molecule has 0 saturated carbocycles. The van der Waals surface area contributed by atoms with Crippen molar-refractivity contribution in [3.63, 3.8) is 0 Å². The topological polar surface area (TPSA) is 52.3 Å². The molecule has 2 N–H and O–H groups in total. The van der Waals surface area contributed by atoms with Crippen molar-refractivity contribution in [1.82, 2.24) is 0 Å². The standard InChI is InChI=1S/C10H12ClNO2/c1-2-5-14-10(13)7-3-4-8(11)9(12)6-7/h3-4,6H,2,5,12H2,1H3. The molecule has 1 aromatic carbocycles. The van der Waals surface area contributed by atoms with Gasteiger partial charge in [-0.2, -0.15) is 0 Å². The molecule has 0 fully saturated rings. The van der Waals surface area contributed by atoms with Crippen molar-refractivity contribution >= 4 is 23.3 Å². The Bertz CT molecular complexity index is 339. The zero-order valence-corrected chi connectivity index (χ0v) is 8.67. The molecule has 76 valence electrons. The second kappa shape index (κ2) is 4.86. The number of rotatable bonds is 3. The Morgan fingerprint density at radius 1 is 1.57 bits per heavy atom. The molecule has 3 nitrogen and oxygen atoms in total. The maximum atomic E-state index is 11.3. The van der Waals surface area contributed by atoms with Gasteiger partial charge in [-0.1, -0.05) is 18.5 Å². The Morgan fingerprint density at radius 3 is 2.86 bits per heavy atom. The second-order valence-electron chi connectivity index (χ2n) is 2.87. The van der Waals surface area contributed by atoms with Crippen LogP contribution in [0.15, 0.2) is 18.2 Å². The Balaban J connectivity index is 2.76. The van der Waals surface area contributed by atoms with Crippen molar-refractivity contribution in [2.75, 3.05) is 12.3 Å². The van der Waals surface area contributed by atoms with Gasteiger partial charge in [0.15, 0.2) is 0 Å². The number of anilines is 1. The van der Waals surface area contributed by atoms with E-state index < -0.39 is 0 Å². The van der Waals surface area contributed by atoms with Gasteiger partial charge >= 0.3 is 5.97 Å². The second-order valence-corrected chi connectivity index (χ2v) is 3.28. The lowest BCUT2D eigenvalue weighted by atomic mass is 10.2. The third kappa shape index (κ3) is 2.64. The van der Waals surface area contributed by atoms with Gasteiger partial charge in [-0.25, -0.2) is 4.79 Å². The van der Waals surface area contributed by atoms with E-state index in [4.69, 9.17) is 22.1 Å². The van der Waals surface area contributed by atoms with Crippen molar-refractivity contribution in [3.8, 4) is 0 Å². The first-order valence-corrected chi connectivity index (χ1v) is 4.75. The van der Waals surface area contributed by atoms with Crippen LogP contribution in [0.2, 0.25) is 5.02 Å². The normalized spacial score (nSPS) is 9.86. The van der Waals surface area contributed by atoms with E-state index in [1.807, 2.05) is 6.92 Å². The summed E-state index contributed by atoms with van der Waals surface area (Å²) in [6.45, 7) is 2.35. The summed E-state index contributed by atoms with van der Waals surface area (Å²) in [4.78, 5) is 11.3. The first-order valence-electron chi connectivity index (χ1n) is 4.37. The summed E-state index contributed by atoms with van der Waals surface area (Å²) in [6.07, 6.45) is 0.800. The summed E-state index contributed by atoms with van der Waals surface area (Å²) in [5.74, 6) is -0.366. The zero-order valence-electron chi connectivity index (χ0n) is 7.92. The predicted octanol–water partition coefficient (Wildman–Crippen LogP) is 2.49. The number of halogens is 1. The quantitative estimate of drug-likeness (QED) is 0.620. The third-order valence-corrected chi connectivity index (χ3v) is 2.01. The molecule has 0 radical (unpaired) electrons. The van der Waals surface area contributed by atoms with Gasteiger partial charge in [-0.3, -0.25) is 0 Å². The molecule has 0 aliphatic rings. The van der Waals surface area contributed by atoms with Crippen molar-refractivity contribution in [2.45, 2.75) is 13.3 Å². The fourth-order valence-corrected chi connectivity index (χ4v) is 1.07. The number of hydrogen-bond acceptors (Lipinski definition) is 3. The van der Waals surface area contributed by atoms with Gasteiger partial charge in [0.1, 0.15) is 0 Å². The molecule has 1 aromatic rings. The molecular weight excluding hydrogens is 202 g/mol. The highest BCUT2D eigenvalue weighted by Crippen LogP contribution is 2.19. The third-order valence-electron chi connectivity index (χ3n) is 1.67. The van der Waals surface area contributed by atoms with Crippen molar-refractivity contribution in [1.29, 1.82) is 0 Å². The molecule has 0 amide bonds. The first kappa shape index (κ1) is 10.9. The van der Waals surface area contributed by atoms with Crippen LogP contribution in [0.4, 0.5) is 5.69 Å². The van der Waals surface area contributed by atoms with Crippen LogP contribution in [0.3, 0.4) is 0 Å². The summed E-state index contributed by atoms with van der Waals surface area (Å²) in [5, 5.41) is 0.442. The van der Waals surface area contributed by atoms with Gasteiger partial charge in [-0.15, -0.1) is 0 Å². The van der Waals surface area contributed by atoms with Gasteiger partial charge in [0.2, 0.25) is 0 Å². The molecule has 0 unspecified atom stereocenters. The van der Waals surface area contributed by atoms with E-state index >= 15 is 0 Å². The zero-order chi connectivity index (χ0) is 10.6. The lowest BCUT2D eigenvalue weighted by Crippen LogP contribution is -2.06. The van der Waals surface area contributed by atoms with Crippen LogP contribution in [0, 0.1) is 0 Å². The molecule has 1 rings (SSSR count). The van der Waals surface area contributed by atoms with Gasteiger partial charge in [0.25, 0.3) is 0 Å². The van der Waals surface area contributed by atoms with Crippen molar-refractivity contribution in [2.24, 2.45) is 0 Å². The molecule has 0 heterocycles. The Morgan fingerprint density at radius 2 is 2.29 bits per heavy atom. The van der Waals surface area contributed by atoms with Crippen LogP contribution in [-0.4, -0.2) is 12.6 Å². The van der Waals surface area contributed by atoms with Crippen LogP contribution in [-0.2, 0) is 4.74 Å². The average Bonchev–Trinajstić information content (AvgIpc) is 2.18. The molecule has 0 atom stereocenters. The largest absolute Gasteiger partial charge is 0.462 e. The fraction of sp³-hybridized carbons (Fsp3) is 0.300. The number of esters is 1. The number of hydrogen-bond donors (Lipinski definition) is 1. The van der Waals surface area contributed by atoms with E-state index in [2.05, 4.69) is 0 Å². The summed E-state index contributed by atoms with van der Waals surface area (Å²) in [6, 6.07) is 4.69. The fourth-order valence-electron chi connectivity index (χ4n) is 0.949. The van der Waals surface area contributed by atoms with Crippen LogP contribution < -0.4 is 5.73 Å². The maximum absolute atomic E-state index is 11.3. The lowest BCUT2D eigenvalue weighted by Gasteiger charge is -2.04.